The zero-order valence-electron chi connectivity index (χ0n) is 13.2. The van der Waals surface area contributed by atoms with Crippen LogP contribution in [-0.2, 0) is 0 Å². The van der Waals surface area contributed by atoms with Crippen LogP contribution in [0.2, 0.25) is 0 Å². The summed E-state index contributed by atoms with van der Waals surface area (Å²) < 4.78 is 5.70. The van der Waals surface area contributed by atoms with Crippen LogP contribution in [0.3, 0.4) is 0 Å². The number of hydrogen-bond acceptors (Lipinski definition) is 6. The van der Waals surface area contributed by atoms with Crippen molar-refractivity contribution in [2.24, 2.45) is 0 Å². The third-order valence-corrected chi connectivity index (χ3v) is 3.97. The van der Waals surface area contributed by atoms with Gasteiger partial charge in [0.15, 0.2) is 0 Å². The molecule has 1 amide bonds. The number of ether oxygens (including phenoxy) is 1. The summed E-state index contributed by atoms with van der Waals surface area (Å²) in [7, 11) is 0. The molecule has 122 valence electrons. The maximum atomic E-state index is 12.5. The third-order valence-electron chi connectivity index (χ3n) is 3.97. The molecule has 4 rings (SSSR count). The summed E-state index contributed by atoms with van der Waals surface area (Å²) in [6.45, 7) is 0.851. The van der Waals surface area contributed by atoms with Gasteiger partial charge in [0.1, 0.15) is 23.4 Å². The Kier molecular flexibility index (Phi) is 3.71. The average Bonchev–Trinajstić information content (AvgIpc) is 2.63. The summed E-state index contributed by atoms with van der Waals surface area (Å²) in [5, 5.41) is 9.05. The monoisotopic (exact) mass is 331 g/mol. The van der Waals surface area contributed by atoms with Gasteiger partial charge in [-0.3, -0.25) is 9.78 Å². The molecule has 0 spiro atoms. The Balaban J connectivity index is 1.43. The topological polar surface area (TPSA) is 92.0 Å². The molecule has 1 fully saturated rings. The Morgan fingerprint density at radius 2 is 1.96 bits per heavy atom. The van der Waals surface area contributed by atoms with Crippen LogP contribution in [0, 0.1) is 11.3 Å². The van der Waals surface area contributed by atoms with E-state index in [1.807, 2.05) is 30.3 Å². The first-order valence-corrected chi connectivity index (χ1v) is 7.77. The van der Waals surface area contributed by atoms with Crippen molar-refractivity contribution in [2.45, 2.75) is 6.10 Å². The molecule has 0 atom stereocenters. The number of rotatable bonds is 3. The minimum absolute atomic E-state index is 0.181. The number of nitrogens with zero attached hydrogens (tertiary/aromatic N) is 5. The number of carbonyl (C=O) groups excluding carboxylic acids is 1. The number of hydrogen-bond donors (Lipinski definition) is 0. The molecule has 1 aromatic carbocycles. The van der Waals surface area contributed by atoms with E-state index in [1.165, 1.54) is 6.20 Å². The summed E-state index contributed by atoms with van der Waals surface area (Å²) >= 11 is 0. The Hall–Kier alpha value is -3.53. The molecule has 3 heterocycles. The number of amides is 1. The lowest BCUT2D eigenvalue weighted by atomic mass is 10.1. The van der Waals surface area contributed by atoms with E-state index < -0.39 is 0 Å². The van der Waals surface area contributed by atoms with E-state index in [2.05, 4.69) is 15.0 Å². The summed E-state index contributed by atoms with van der Waals surface area (Å²) in [5.41, 5.74) is 2.14. The zero-order chi connectivity index (χ0) is 17.2. The fourth-order valence-electron chi connectivity index (χ4n) is 2.63. The lowest BCUT2D eigenvalue weighted by Gasteiger charge is -2.38. The fraction of sp³-hybridized carbons (Fsp3) is 0.167. The van der Waals surface area contributed by atoms with Crippen molar-refractivity contribution in [2.75, 3.05) is 13.1 Å². The van der Waals surface area contributed by atoms with Gasteiger partial charge in [0.25, 0.3) is 5.91 Å². The van der Waals surface area contributed by atoms with Crippen molar-refractivity contribution < 1.29 is 9.53 Å². The number of fused-ring (bicyclic) bond motifs is 1. The molecule has 2 aromatic heterocycles. The molecule has 3 aromatic rings. The molecule has 25 heavy (non-hydrogen) atoms. The Bertz CT molecular complexity index is 992. The molecule has 7 heteroatoms. The van der Waals surface area contributed by atoms with Gasteiger partial charge in [-0.1, -0.05) is 12.1 Å². The van der Waals surface area contributed by atoms with E-state index in [-0.39, 0.29) is 12.0 Å². The van der Waals surface area contributed by atoms with E-state index >= 15 is 0 Å². The first kappa shape index (κ1) is 15.0. The van der Waals surface area contributed by atoms with Crippen molar-refractivity contribution >= 4 is 16.9 Å². The van der Waals surface area contributed by atoms with Crippen LogP contribution in [0.5, 0.6) is 5.88 Å². The van der Waals surface area contributed by atoms with Gasteiger partial charge in [-0.05, 0) is 24.3 Å². The average molecular weight is 331 g/mol. The summed E-state index contributed by atoms with van der Waals surface area (Å²) in [4.78, 5) is 26.8. The first-order valence-electron chi connectivity index (χ1n) is 7.77. The number of carbonyl (C=O) groups is 1. The molecular formula is C18H13N5O2. The number of para-hydroxylation sites is 2. The van der Waals surface area contributed by atoms with Gasteiger partial charge in [0, 0.05) is 6.20 Å². The Labute approximate surface area is 143 Å². The standard InChI is InChI=1S/C18H13N5O2/c19-8-12-4-3-7-20-17(12)25-13-10-23(11-13)18(24)16-9-21-14-5-1-2-6-15(14)22-16/h1-7,9,13H,10-11H2. The molecule has 0 radical (unpaired) electrons. The molecule has 1 aliphatic rings. The second-order valence-corrected chi connectivity index (χ2v) is 5.66. The molecule has 0 aliphatic carbocycles. The SMILES string of the molecule is N#Cc1cccnc1OC1CN(C(=O)c2cnc3ccccc3n2)C1. The largest absolute Gasteiger partial charge is 0.470 e. The van der Waals surface area contributed by atoms with E-state index in [4.69, 9.17) is 10.00 Å². The molecule has 0 N–H and O–H groups in total. The summed E-state index contributed by atoms with van der Waals surface area (Å²) in [6, 6.07) is 12.8. The second kappa shape index (κ2) is 6.17. The highest BCUT2D eigenvalue weighted by molar-refractivity contribution is 5.94. The van der Waals surface area contributed by atoms with Gasteiger partial charge in [-0.25, -0.2) is 9.97 Å². The van der Waals surface area contributed by atoms with Crippen molar-refractivity contribution in [1.82, 2.24) is 19.9 Å². The van der Waals surface area contributed by atoms with E-state index in [0.717, 1.165) is 5.52 Å². The number of aromatic nitrogens is 3. The number of pyridine rings is 1. The van der Waals surface area contributed by atoms with Crippen LogP contribution < -0.4 is 4.74 Å². The van der Waals surface area contributed by atoms with Crippen molar-refractivity contribution in [3.05, 3.63) is 60.0 Å². The Morgan fingerprint density at radius 3 is 2.76 bits per heavy atom. The summed E-state index contributed by atoms with van der Waals surface area (Å²) in [6.07, 6.45) is 2.88. The lowest BCUT2D eigenvalue weighted by Crippen LogP contribution is -2.56. The van der Waals surface area contributed by atoms with E-state index in [1.54, 1.807) is 23.2 Å². The number of nitriles is 1. The first-order chi connectivity index (χ1) is 12.2. The van der Waals surface area contributed by atoms with Crippen LogP contribution in [-0.4, -0.2) is 45.0 Å². The predicted molar refractivity (Wildman–Crippen MR) is 88.8 cm³/mol. The van der Waals surface area contributed by atoms with Crippen molar-refractivity contribution in [3.63, 3.8) is 0 Å². The second-order valence-electron chi connectivity index (χ2n) is 5.66. The highest BCUT2D eigenvalue weighted by atomic mass is 16.5. The van der Waals surface area contributed by atoms with E-state index in [0.29, 0.717) is 35.7 Å². The molecule has 0 saturated carbocycles. The minimum Gasteiger partial charge on any atom is -0.470 e. The highest BCUT2D eigenvalue weighted by Crippen LogP contribution is 2.21. The van der Waals surface area contributed by atoms with Crippen molar-refractivity contribution in [1.29, 1.82) is 5.26 Å². The van der Waals surface area contributed by atoms with Crippen LogP contribution >= 0.6 is 0 Å². The lowest BCUT2D eigenvalue weighted by molar-refractivity contribution is 0.0154. The third kappa shape index (κ3) is 2.85. The van der Waals surface area contributed by atoms with Gasteiger partial charge in [-0.15, -0.1) is 0 Å². The van der Waals surface area contributed by atoms with E-state index in [9.17, 15) is 4.79 Å². The minimum atomic E-state index is -0.181. The highest BCUT2D eigenvalue weighted by Gasteiger charge is 2.34. The Morgan fingerprint density at radius 1 is 1.16 bits per heavy atom. The van der Waals surface area contributed by atoms with Gasteiger partial charge in [0.05, 0.1) is 30.3 Å². The smallest absolute Gasteiger partial charge is 0.274 e. The van der Waals surface area contributed by atoms with Crippen molar-refractivity contribution in [3.8, 4) is 11.9 Å². The van der Waals surface area contributed by atoms with Crippen LogP contribution in [0.25, 0.3) is 11.0 Å². The van der Waals surface area contributed by atoms with Gasteiger partial charge in [-0.2, -0.15) is 5.26 Å². The number of likely N-dealkylation sites (tertiary alicyclic amines) is 1. The quantitative estimate of drug-likeness (QED) is 0.726. The zero-order valence-corrected chi connectivity index (χ0v) is 13.2. The molecule has 0 unspecified atom stereocenters. The maximum Gasteiger partial charge on any atom is 0.274 e. The van der Waals surface area contributed by atoms with Crippen LogP contribution in [0.4, 0.5) is 0 Å². The maximum absolute atomic E-state index is 12.5. The normalized spacial score (nSPS) is 14.0. The predicted octanol–water partition coefficient (Wildman–Crippen LogP) is 1.80. The van der Waals surface area contributed by atoms with Gasteiger partial charge < -0.3 is 9.64 Å². The molecule has 1 saturated heterocycles. The summed E-state index contributed by atoms with van der Waals surface area (Å²) in [5.74, 6) is 0.118. The molecule has 0 bridgehead atoms. The molecule has 7 nitrogen and oxygen atoms in total. The van der Waals surface area contributed by atoms with Crippen LogP contribution in [0.1, 0.15) is 16.1 Å². The fourth-order valence-corrected chi connectivity index (χ4v) is 2.63. The van der Waals surface area contributed by atoms with Crippen LogP contribution in [0.15, 0.2) is 48.8 Å². The van der Waals surface area contributed by atoms with Gasteiger partial charge >= 0.3 is 0 Å². The van der Waals surface area contributed by atoms with Gasteiger partial charge in [0.2, 0.25) is 5.88 Å². The molecular weight excluding hydrogens is 318 g/mol. The molecule has 1 aliphatic heterocycles. The number of benzene rings is 1.